The van der Waals surface area contributed by atoms with Crippen LogP contribution in [0.5, 0.6) is 0 Å². The lowest BCUT2D eigenvalue weighted by atomic mass is 10.0. The third-order valence-corrected chi connectivity index (χ3v) is 9.12. The van der Waals surface area contributed by atoms with Crippen molar-refractivity contribution in [3.8, 4) is 0 Å². The van der Waals surface area contributed by atoms with Gasteiger partial charge in [0.25, 0.3) is 0 Å². The van der Waals surface area contributed by atoms with Crippen LogP contribution in [0.25, 0.3) is 0 Å². The van der Waals surface area contributed by atoms with E-state index < -0.39 is 0 Å². The number of hydrogen-bond acceptors (Lipinski definition) is 8. The summed E-state index contributed by atoms with van der Waals surface area (Å²) in [5.41, 5.74) is 2.68. The average Bonchev–Trinajstić information content (AvgIpc) is 3.03. The molecule has 9 heteroatoms. The van der Waals surface area contributed by atoms with E-state index in [1.165, 1.54) is 24.2 Å². The maximum atomic E-state index is 11.4. The number of rotatable bonds is 21. The normalized spacial score (nSPS) is 17.5. The number of hydrogen-bond donors (Lipinski definition) is 0. The Bertz CT molecular complexity index is 989. The van der Waals surface area contributed by atoms with Crippen LogP contribution in [0.4, 0.5) is 0 Å². The Labute approximate surface area is 307 Å². The van der Waals surface area contributed by atoms with Crippen LogP contribution < -0.4 is 0 Å². The van der Waals surface area contributed by atoms with Gasteiger partial charge >= 0.3 is 0 Å². The maximum absolute atomic E-state index is 11.4. The zero-order valence-electron chi connectivity index (χ0n) is 33.8. The average molecular weight is 705 g/mol. The topological polar surface area (TPSA) is 67.0 Å². The quantitative estimate of drug-likeness (QED) is 0.143. The van der Waals surface area contributed by atoms with Crippen molar-refractivity contribution in [3.05, 3.63) is 35.4 Å². The van der Waals surface area contributed by atoms with E-state index in [4.69, 9.17) is 18.9 Å². The molecule has 3 aliphatic rings. The molecule has 9 nitrogen and oxygen atoms in total. The molecule has 1 aromatic rings. The van der Waals surface area contributed by atoms with E-state index in [0.717, 1.165) is 89.6 Å². The van der Waals surface area contributed by atoms with E-state index in [0.29, 0.717) is 51.1 Å². The van der Waals surface area contributed by atoms with Crippen LogP contribution in [0, 0.1) is 17.8 Å². The predicted octanol–water partition coefficient (Wildman–Crippen LogP) is 6.09. The van der Waals surface area contributed by atoms with Gasteiger partial charge in [-0.1, -0.05) is 86.6 Å². The largest absolute Gasteiger partial charge is 0.379 e. The number of carbonyl (C=O) groups is 1. The molecule has 0 spiro atoms. The van der Waals surface area contributed by atoms with Crippen molar-refractivity contribution < 1.29 is 23.7 Å². The smallest absolute Gasteiger partial charge is 0.222 e. The summed E-state index contributed by atoms with van der Waals surface area (Å²) in [7, 11) is 1.92. The molecule has 0 saturated carbocycles. The van der Waals surface area contributed by atoms with Crippen LogP contribution in [0.3, 0.4) is 0 Å². The van der Waals surface area contributed by atoms with Crippen molar-refractivity contribution in [1.29, 1.82) is 0 Å². The highest BCUT2D eigenvalue weighted by molar-refractivity contribution is 5.76. The van der Waals surface area contributed by atoms with E-state index in [1.807, 2.05) is 18.9 Å². The first-order chi connectivity index (χ1) is 23.9. The molecule has 0 aliphatic carbocycles. The molecule has 50 heavy (non-hydrogen) atoms. The number of benzene rings is 1. The number of likely N-dealkylation sites (N-methyl/N-ethyl adjacent to an activating group) is 1. The van der Waals surface area contributed by atoms with E-state index in [2.05, 4.69) is 94.4 Å². The summed E-state index contributed by atoms with van der Waals surface area (Å²) in [6.07, 6.45) is 3.65. The Morgan fingerprint density at radius 1 is 0.660 bits per heavy atom. The maximum Gasteiger partial charge on any atom is 0.222 e. The van der Waals surface area contributed by atoms with Gasteiger partial charge in [-0.2, -0.15) is 0 Å². The van der Waals surface area contributed by atoms with E-state index in [-0.39, 0.29) is 5.91 Å². The first kappa shape index (κ1) is 44.6. The molecule has 3 heterocycles. The van der Waals surface area contributed by atoms with E-state index >= 15 is 0 Å². The lowest BCUT2D eigenvalue weighted by molar-refractivity contribution is -0.135. The monoisotopic (exact) mass is 705 g/mol. The molecular formula is C41H76N4O5. The Balaban J connectivity index is 0.000000263. The predicted molar refractivity (Wildman–Crippen MR) is 207 cm³/mol. The fourth-order valence-corrected chi connectivity index (χ4v) is 6.32. The lowest BCUT2D eigenvalue weighted by Gasteiger charge is -2.44. The van der Waals surface area contributed by atoms with Gasteiger partial charge < -0.3 is 23.8 Å². The molecule has 0 unspecified atom stereocenters. The highest BCUT2D eigenvalue weighted by Crippen LogP contribution is 2.17. The Hall–Kier alpha value is -1.59. The van der Waals surface area contributed by atoms with Crippen molar-refractivity contribution in [1.82, 2.24) is 19.6 Å². The van der Waals surface area contributed by atoms with Crippen LogP contribution in [-0.2, 0) is 36.8 Å². The van der Waals surface area contributed by atoms with E-state index in [9.17, 15) is 4.79 Å². The molecule has 0 atom stereocenters. The van der Waals surface area contributed by atoms with Crippen molar-refractivity contribution in [3.63, 3.8) is 0 Å². The molecule has 3 fully saturated rings. The summed E-state index contributed by atoms with van der Waals surface area (Å²) in [4.78, 5) is 20.6. The molecule has 0 N–H and O–H groups in total. The summed E-state index contributed by atoms with van der Waals surface area (Å²) in [6, 6.07) is 9.23. The van der Waals surface area contributed by atoms with Gasteiger partial charge in [-0.25, -0.2) is 0 Å². The second-order valence-electron chi connectivity index (χ2n) is 15.7. The summed E-state index contributed by atoms with van der Waals surface area (Å²) in [6.45, 7) is 34.1. The van der Waals surface area contributed by atoms with Crippen molar-refractivity contribution in [2.45, 2.75) is 106 Å². The summed E-state index contributed by atoms with van der Waals surface area (Å²) in [5, 5.41) is 0. The Kier molecular flexibility index (Phi) is 22.6. The van der Waals surface area contributed by atoms with Gasteiger partial charge in [0.15, 0.2) is 0 Å². The fourth-order valence-electron chi connectivity index (χ4n) is 6.32. The molecule has 4 rings (SSSR count). The fraction of sp³-hybridized carbons (Fsp3) is 0.829. The minimum atomic E-state index is 0.263. The van der Waals surface area contributed by atoms with Gasteiger partial charge in [0.1, 0.15) is 0 Å². The number of carbonyl (C=O) groups excluding carboxylic acids is 1. The first-order valence-electron chi connectivity index (χ1n) is 19.8. The SMILES string of the molecule is CCC(=O)N(C)C1CN(CC(C)C)C1.CCCOCCOCCOC1CN(CC(C)C)C1.CCc1ccc(COC2CN(CC(C)C)C2)cc1. The molecule has 0 bridgehead atoms. The number of ether oxygens (including phenoxy) is 4. The Morgan fingerprint density at radius 2 is 1.10 bits per heavy atom. The van der Waals surface area contributed by atoms with Gasteiger partial charge in [0.2, 0.25) is 5.91 Å². The van der Waals surface area contributed by atoms with Gasteiger partial charge in [0, 0.05) is 79.0 Å². The third-order valence-electron chi connectivity index (χ3n) is 9.12. The van der Waals surface area contributed by atoms with Crippen LogP contribution in [0.15, 0.2) is 24.3 Å². The van der Waals surface area contributed by atoms with Crippen LogP contribution in [-0.4, -0.2) is 143 Å². The number of likely N-dealkylation sites (tertiary alicyclic amines) is 3. The molecule has 0 aromatic heterocycles. The highest BCUT2D eigenvalue weighted by atomic mass is 16.5. The minimum absolute atomic E-state index is 0.263. The van der Waals surface area contributed by atoms with Crippen molar-refractivity contribution >= 4 is 5.91 Å². The molecular weight excluding hydrogens is 628 g/mol. The molecule has 1 aromatic carbocycles. The molecule has 1 amide bonds. The summed E-state index contributed by atoms with van der Waals surface area (Å²) < 4.78 is 22.4. The van der Waals surface area contributed by atoms with Gasteiger partial charge in [-0.15, -0.1) is 0 Å². The summed E-state index contributed by atoms with van der Waals surface area (Å²) >= 11 is 0. The standard InChI is InChI=1S/C16H25NO.C14H29NO3.C11H22N2O/c1-4-14-5-7-15(8-6-14)12-18-16-10-17(11-16)9-13(2)3;1-4-5-16-6-7-17-8-9-18-14-11-15(12-14)10-13(2)3;1-5-11(14)12(4)10-7-13(8-10)6-9(2)3/h5-8,13,16H,4,9-12H2,1-3H3;13-14H,4-12H2,1-3H3;9-10H,5-8H2,1-4H3. The molecule has 0 radical (unpaired) electrons. The van der Waals surface area contributed by atoms with Crippen molar-refractivity contribution in [2.24, 2.45) is 17.8 Å². The first-order valence-corrected chi connectivity index (χ1v) is 19.8. The highest BCUT2D eigenvalue weighted by Gasteiger charge is 2.32. The van der Waals surface area contributed by atoms with Crippen LogP contribution >= 0.6 is 0 Å². The zero-order valence-corrected chi connectivity index (χ0v) is 33.8. The number of amides is 1. The third kappa shape index (κ3) is 18.8. The van der Waals surface area contributed by atoms with Gasteiger partial charge in [-0.05, 0) is 41.7 Å². The summed E-state index contributed by atoms with van der Waals surface area (Å²) in [5.74, 6) is 2.49. The van der Waals surface area contributed by atoms with E-state index in [1.54, 1.807) is 0 Å². The number of aryl methyl sites for hydroxylation is 1. The van der Waals surface area contributed by atoms with Crippen LogP contribution in [0.1, 0.15) is 86.3 Å². The van der Waals surface area contributed by atoms with Gasteiger partial charge in [-0.3, -0.25) is 19.5 Å². The molecule has 3 saturated heterocycles. The van der Waals surface area contributed by atoms with Crippen LogP contribution in [0.2, 0.25) is 0 Å². The second-order valence-corrected chi connectivity index (χ2v) is 15.7. The molecule has 290 valence electrons. The molecule has 3 aliphatic heterocycles. The Morgan fingerprint density at radius 3 is 1.56 bits per heavy atom. The number of nitrogens with zero attached hydrogens (tertiary/aromatic N) is 4. The second kappa shape index (κ2) is 25.4. The zero-order chi connectivity index (χ0) is 36.9. The van der Waals surface area contributed by atoms with Gasteiger partial charge in [0.05, 0.1) is 51.3 Å². The lowest BCUT2D eigenvalue weighted by Crippen LogP contribution is -2.60. The van der Waals surface area contributed by atoms with Crippen molar-refractivity contribution in [2.75, 3.05) is 99.0 Å². The minimum Gasteiger partial charge on any atom is -0.379 e.